The maximum atomic E-state index is 5.75. The molecule has 0 aromatic heterocycles. The van der Waals surface area contributed by atoms with Crippen LogP contribution in [-0.2, 0) is 4.74 Å². The average Bonchev–Trinajstić information content (AvgIpc) is 2.33. The van der Waals surface area contributed by atoms with Crippen LogP contribution >= 0.6 is 0 Å². The zero-order valence-corrected chi connectivity index (χ0v) is 12.4. The predicted octanol–water partition coefficient (Wildman–Crippen LogP) is 2.53. The number of guanidine groups is 1. The molecule has 0 rings (SSSR count). The first-order valence-corrected chi connectivity index (χ1v) is 7.28. The van der Waals surface area contributed by atoms with Gasteiger partial charge in [0.05, 0.1) is 0 Å². The molecule has 0 bridgehead atoms. The number of ether oxygens (including phenoxy) is 1. The second kappa shape index (κ2) is 12.7. The van der Waals surface area contributed by atoms with E-state index < -0.39 is 0 Å². The van der Waals surface area contributed by atoms with Gasteiger partial charge < -0.3 is 15.8 Å². The van der Waals surface area contributed by atoms with Crippen molar-refractivity contribution in [1.29, 1.82) is 0 Å². The molecule has 0 aliphatic heterocycles. The quantitative estimate of drug-likeness (QED) is 0.340. The molecule has 0 saturated heterocycles. The Hall–Kier alpha value is -0.770. The lowest BCUT2D eigenvalue weighted by Gasteiger charge is -2.06. The van der Waals surface area contributed by atoms with Crippen LogP contribution in [0.15, 0.2) is 4.99 Å². The standard InChI is InChI=1S/C14H31N3O/c1-4-5-6-7-9-16-14(15)17-10-8-11-18-12-13(2)3/h13H,4-12H2,1-3H3,(H3,15,16,17). The minimum absolute atomic E-state index is 0.565. The van der Waals surface area contributed by atoms with Gasteiger partial charge in [0.25, 0.3) is 0 Å². The molecule has 0 spiro atoms. The molecular formula is C14H31N3O. The zero-order chi connectivity index (χ0) is 13.6. The van der Waals surface area contributed by atoms with Gasteiger partial charge >= 0.3 is 0 Å². The van der Waals surface area contributed by atoms with E-state index >= 15 is 0 Å². The highest BCUT2D eigenvalue weighted by molar-refractivity contribution is 5.77. The number of unbranched alkanes of at least 4 members (excludes halogenated alkanes) is 3. The van der Waals surface area contributed by atoms with Gasteiger partial charge in [0.1, 0.15) is 0 Å². The van der Waals surface area contributed by atoms with E-state index in [0.29, 0.717) is 11.9 Å². The Morgan fingerprint density at radius 3 is 2.67 bits per heavy atom. The Kier molecular flexibility index (Phi) is 12.1. The van der Waals surface area contributed by atoms with Gasteiger partial charge in [-0.2, -0.15) is 0 Å². The van der Waals surface area contributed by atoms with Crippen LogP contribution in [0.2, 0.25) is 0 Å². The summed E-state index contributed by atoms with van der Waals surface area (Å²) in [7, 11) is 0. The number of rotatable bonds is 11. The normalized spacial score (nSPS) is 12.1. The van der Waals surface area contributed by atoms with E-state index in [4.69, 9.17) is 10.5 Å². The SMILES string of the molecule is CCCCCCNC(N)=NCCCOCC(C)C. The van der Waals surface area contributed by atoms with E-state index in [9.17, 15) is 0 Å². The van der Waals surface area contributed by atoms with E-state index in [0.717, 1.165) is 32.7 Å². The molecule has 0 amide bonds. The molecule has 0 radical (unpaired) electrons. The largest absolute Gasteiger partial charge is 0.381 e. The fourth-order valence-electron chi connectivity index (χ4n) is 1.51. The molecular weight excluding hydrogens is 226 g/mol. The minimum Gasteiger partial charge on any atom is -0.381 e. The third-order valence-electron chi connectivity index (χ3n) is 2.52. The van der Waals surface area contributed by atoms with E-state index in [1.165, 1.54) is 25.7 Å². The highest BCUT2D eigenvalue weighted by atomic mass is 16.5. The van der Waals surface area contributed by atoms with Crippen molar-refractivity contribution in [2.75, 3.05) is 26.3 Å². The van der Waals surface area contributed by atoms with Gasteiger partial charge in [-0.25, -0.2) is 0 Å². The summed E-state index contributed by atoms with van der Waals surface area (Å²) in [6.07, 6.45) is 5.93. The summed E-state index contributed by atoms with van der Waals surface area (Å²) in [5.41, 5.74) is 5.75. The van der Waals surface area contributed by atoms with Crippen molar-refractivity contribution in [1.82, 2.24) is 5.32 Å². The van der Waals surface area contributed by atoms with Crippen molar-refractivity contribution in [3.63, 3.8) is 0 Å². The first-order valence-electron chi connectivity index (χ1n) is 7.28. The Balaban J connectivity index is 3.31. The van der Waals surface area contributed by atoms with Gasteiger partial charge in [0.15, 0.2) is 5.96 Å². The Morgan fingerprint density at radius 2 is 2.00 bits per heavy atom. The van der Waals surface area contributed by atoms with Crippen molar-refractivity contribution in [3.8, 4) is 0 Å². The minimum atomic E-state index is 0.565. The van der Waals surface area contributed by atoms with E-state index in [-0.39, 0.29) is 0 Å². The van der Waals surface area contributed by atoms with Crippen molar-refractivity contribution in [2.45, 2.75) is 52.9 Å². The molecule has 108 valence electrons. The second-order valence-corrected chi connectivity index (χ2v) is 5.08. The summed E-state index contributed by atoms with van der Waals surface area (Å²) in [4.78, 5) is 4.26. The maximum Gasteiger partial charge on any atom is 0.188 e. The highest BCUT2D eigenvalue weighted by Crippen LogP contribution is 1.96. The lowest BCUT2D eigenvalue weighted by molar-refractivity contribution is 0.109. The zero-order valence-electron chi connectivity index (χ0n) is 12.4. The number of nitrogens with one attached hydrogen (secondary N) is 1. The summed E-state index contributed by atoms with van der Waals surface area (Å²) >= 11 is 0. The average molecular weight is 257 g/mol. The fraction of sp³-hybridized carbons (Fsp3) is 0.929. The topological polar surface area (TPSA) is 59.6 Å². The van der Waals surface area contributed by atoms with Gasteiger partial charge in [-0.15, -0.1) is 0 Å². The van der Waals surface area contributed by atoms with E-state index in [1.807, 2.05) is 0 Å². The molecule has 0 heterocycles. The first kappa shape index (κ1) is 17.2. The summed E-state index contributed by atoms with van der Waals surface area (Å²) in [5.74, 6) is 1.17. The van der Waals surface area contributed by atoms with E-state index in [1.54, 1.807) is 0 Å². The van der Waals surface area contributed by atoms with Gasteiger partial charge in [-0.3, -0.25) is 4.99 Å². The van der Waals surface area contributed by atoms with E-state index in [2.05, 4.69) is 31.1 Å². The van der Waals surface area contributed by atoms with Crippen molar-refractivity contribution in [2.24, 2.45) is 16.6 Å². The summed E-state index contributed by atoms with van der Waals surface area (Å²) in [6, 6.07) is 0. The van der Waals surface area contributed by atoms with Crippen molar-refractivity contribution < 1.29 is 4.74 Å². The van der Waals surface area contributed by atoms with Crippen LogP contribution in [0.5, 0.6) is 0 Å². The second-order valence-electron chi connectivity index (χ2n) is 5.08. The molecule has 0 aromatic carbocycles. The van der Waals surface area contributed by atoms with Gasteiger partial charge in [-0.1, -0.05) is 40.0 Å². The molecule has 0 aliphatic rings. The molecule has 0 atom stereocenters. The summed E-state index contributed by atoms with van der Waals surface area (Å²) < 4.78 is 5.47. The summed E-state index contributed by atoms with van der Waals surface area (Å²) in [6.45, 7) is 9.78. The monoisotopic (exact) mass is 257 g/mol. The molecule has 0 saturated carbocycles. The van der Waals surface area contributed by atoms with Crippen LogP contribution in [0.1, 0.15) is 52.9 Å². The van der Waals surface area contributed by atoms with Crippen LogP contribution in [0.4, 0.5) is 0 Å². The van der Waals surface area contributed by atoms with Crippen LogP contribution in [0.25, 0.3) is 0 Å². The van der Waals surface area contributed by atoms with Crippen LogP contribution in [0.3, 0.4) is 0 Å². The molecule has 4 nitrogen and oxygen atoms in total. The number of aliphatic imine (C=N–C) groups is 1. The van der Waals surface area contributed by atoms with Crippen LogP contribution < -0.4 is 11.1 Å². The molecule has 3 N–H and O–H groups in total. The highest BCUT2D eigenvalue weighted by Gasteiger charge is 1.94. The van der Waals surface area contributed by atoms with Crippen molar-refractivity contribution >= 4 is 5.96 Å². The Labute approximate surface area is 112 Å². The Morgan fingerprint density at radius 1 is 1.22 bits per heavy atom. The molecule has 0 fully saturated rings. The molecule has 0 aliphatic carbocycles. The lowest BCUT2D eigenvalue weighted by atomic mass is 10.2. The van der Waals surface area contributed by atoms with Crippen LogP contribution in [-0.4, -0.2) is 32.3 Å². The third kappa shape index (κ3) is 13.3. The predicted molar refractivity (Wildman–Crippen MR) is 78.9 cm³/mol. The van der Waals surface area contributed by atoms with Gasteiger partial charge in [0, 0.05) is 26.3 Å². The molecule has 4 heteroatoms. The number of hydrogen-bond donors (Lipinski definition) is 2. The Bertz CT molecular complexity index is 205. The maximum absolute atomic E-state index is 5.75. The van der Waals surface area contributed by atoms with Crippen LogP contribution in [0, 0.1) is 5.92 Å². The first-order chi connectivity index (χ1) is 8.66. The molecule has 0 aromatic rings. The third-order valence-corrected chi connectivity index (χ3v) is 2.52. The smallest absolute Gasteiger partial charge is 0.188 e. The number of hydrogen-bond acceptors (Lipinski definition) is 2. The van der Waals surface area contributed by atoms with Gasteiger partial charge in [-0.05, 0) is 18.8 Å². The molecule has 0 unspecified atom stereocenters. The summed E-state index contributed by atoms with van der Waals surface area (Å²) in [5, 5.41) is 3.14. The fourth-order valence-corrected chi connectivity index (χ4v) is 1.51. The van der Waals surface area contributed by atoms with Gasteiger partial charge in [0.2, 0.25) is 0 Å². The number of nitrogens with zero attached hydrogens (tertiary/aromatic N) is 1. The number of nitrogens with two attached hydrogens (primary N) is 1. The van der Waals surface area contributed by atoms with Crippen molar-refractivity contribution in [3.05, 3.63) is 0 Å². The lowest BCUT2D eigenvalue weighted by Crippen LogP contribution is -2.32. The molecule has 18 heavy (non-hydrogen) atoms.